The van der Waals surface area contributed by atoms with Crippen molar-refractivity contribution in [2.45, 2.75) is 46.6 Å². The molecule has 0 radical (unpaired) electrons. The Hall–Kier alpha value is -1.26. The summed E-state index contributed by atoms with van der Waals surface area (Å²) in [4.78, 5) is 24.0. The van der Waals surface area contributed by atoms with Crippen LogP contribution < -0.4 is 5.32 Å². The lowest BCUT2D eigenvalue weighted by Crippen LogP contribution is -2.43. The summed E-state index contributed by atoms with van der Waals surface area (Å²) in [6, 6.07) is 0. The van der Waals surface area contributed by atoms with Crippen LogP contribution >= 0.6 is 0 Å². The van der Waals surface area contributed by atoms with E-state index < -0.39 is 11.7 Å². The second-order valence-corrected chi connectivity index (χ2v) is 4.63. The van der Waals surface area contributed by atoms with Gasteiger partial charge in [-0.3, -0.25) is 9.69 Å². The van der Waals surface area contributed by atoms with Crippen LogP contribution in [0, 0.1) is 0 Å². The van der Waals surface area contributed by atoms with Gasteiger partial charge in [0.2, 0.25) is 5.91 Å². The molecule has 94 valence electrons. The Kier molecular flexibility index (Phi) is 5.85. The first-order valence-corrected chi connectivity index (χ1v) is 5.48. The average molecular weight is 230 g/mol. The second-order valence-electron chi connectivity index (χ2n) is 4.63. The molecule has 2 amide bonds. The van der Waals surface area contributed by atoms with Gasteiger partial charge in [0.05, 0.1) is 6.67 Å². The molecule has 16 heavy (non-hydrogen) atoms. The first-order chi connectivity index (χ1) is 7.26. The van der Waals surface area contributed by atoms with Crippen LogP contribution in [0.15, 0.2) is 0 Å². The number of ether oxygens (including phenoxy) is 1. The molecule has 0 aliphatic rings. The highest BCUT2D eigenvalue weighted by atomic mass is 16.6. The number of nitrogens with zero attached hydrogens (tertiary/aromatic N) is 1. The molecule has 0 unspecified atom stereocenters. The lowest BCUT2D eigenvalue weighted by molar-refractivity contribution is -0.119. The molecular weight excluding hydrogens is 208 g/mol. The Labute approximate surface area is 97.1 Å². The van der Waals surface area contributed by atoms with E-state index in [1.54, 1.807) is 0 Å². The molecule has 0 aliphatic carbocycles. The van der Waals surface area contributed by atoms with Gasteiger partial charge >= 0.3 is 6.09 Å². The smallest absolute Gasteiger partial charge is 0.411 e. The first-order valence-electron chi connectivity index (χ1n) is 5.48. The molecule has 0 rings (SSSR count). The van der Waals surface area contributed by atoms with Crippen LogP contribution in [0.25, 0.3) is 0 Å². The highest BCUT2D eigenvalue weighted by Gasteiger charge is 2.21. The summed E-state index contributed by atoms with van der Waals surface area (Å²) < 4.78 is 5.22. The Morgan fingerprint density at radius 1 is 1.31 bits per heavy atom. The summed E-state index contributed by atoms with van der Waals surface area (Å²) in [6.45, 7) is 9.58. The van der Waals surface area contributed by atoms with Gasteiger partial charge in [-0.1, -0.05) is 6.92 Å². The topological polar surface area (TPSA) is 58.6 Å². The van der Waals surface area contributed by atoms with Crippen LogP contribution in [-0.2, 0) is 9.53 Å². The molecule has 0 saturated carbocycles. The van der Waals surface area contributed by atoms with E-state index in [4.69, 9.17) is 4.74 Å². The standard InChI is InChI=1S/C11H22N2O3/c1-6-7-13(8-12-9(2)14)10(15)16-11(3,4)5/h6-8H2,1-5H3,(H,12,14). The van der Waals surface area contributed by atoms with Crippen molar-refractivity contribution in [1.82, 2.24) is 10.2 Å². The van der Waals surface area contributed by atoms with Gasteiger partial charge < -0.3 is 10.1 Å². The fourth-order valence-corrected chi connectivity index (χ4v) is 1.04. The van der Waals surface area contributed by atoms with Crippen LogP contribution in [-0.4, -0.2) is 35.7 Å². The maximum atomic E-state index is 11.7. The lowest BCUT2D eigenvalue weighted by atomic mass is 10.2. The van der Waals surface area contributed by atoms with E-state index in [9.17, 15) is 9.59 Å². The second kappa shape index (κ2) is 6.35. The number of nitrogens with one attached hydrogen (secondary N) is 1. The van der Waals surface area contributed by atoms with Crippen molar-refractivity contribution in [3.8, 4) is 0 Å². The molecule has 0 saturated heterocycles. The summed E-state index contributed by atoms with van der Waals surface area (Å²) in [5, 5.41) is 2.58. The van der Waals surface area contributed by atoms with E-state index in [-0.39, 0.29) is 12.6 Å². The largest absolute Gasteiger partial charge is 0.444 e. The average Bonchev–Trinajstić information content (AvgIpc) is 2.08. The van der Waals surface area contributed by atoms with E-state index in [2.05, 4.69) is 5.32 Å². The van der Waals surface area contributed by atoms with Crippen LogP contribution in [0.4, 0.5) is 4.79 Å². The minimum atomic E-state index is -0.515. The van der Waals surface area contributed by atoms with E-state index in [0.717, 1.165) is 6.42 Å². The maximum Gasteiger partial charge on any atom is 0.411 e. The number of hydrogen-bond donors (Lipinski definition) is 1. The zero-order valence-corrected chi connectivity index (χ0v) is 10.8. The SMILES string of the molecule is CCCN(CNC(C)=O)C(=O)OC(C)(C)C. The van der Waals surface area contributed by atoms with E-state index in [0.29, 0.717) is 6.54 Å². The van der Waals surface area contributed by atoms with Gasteiger partial charge in [0.25, 0.3) is 0 Å². The molecule has 0 spiro atoms. The van der Waals surface area contributed by atoms with Gasteiger partial charge in [0, 0.05) is 13.5 Å². The number of carbonyl (C=O) groups is 2. The number of rotatable bonds is 4. The predicted molar refractivity (Wildman–Crippen MR) is 61.9 cm³/mol. The van der Waals surface area contributed by atoms with E-state index in [1.165, 1.54) is 11.8 Å². The highest BCUT2D eigenvalue weighted by Crippen LogP contribution is 2.09. The predicted octanol–water partition coefficient (Wildman–Crippen LogP) is 1.73. The Balaban J connectivity index is 4.29. The molecule has 5 heteroatoms. The number of hydrogen-bond acceptors (Lipinski definition) is 3. The molecule has 0 heterocycles. The molecule has 0 aromatic rings. The van der Waals surface area contributed by atoms with Gasteiger partial charge in [-0.2, -0.15) is 0 Å². The molecule has 0 atom stereocenters. The molecule has 0 aliphatic heterocycles. The molecule has 0 fully saturated rings. The summed E-state index contributed by atoms with van der Waals surface area (Å²) in [7, 11) is 0. The van der Waals surface area contributed by atoms with Crippen molar-refractivity contribution >= 4 is 12.0 Å². The van der Waals surface area contributed by atoms with Crippen molar-refractivity contribution in [2.75, 3.05) is 13.2 Å². The third-order valence-corrected chi connectivity index (χ3v) is 1.66. The Morgan fingerprint density at radius 2 is 1.88 bits per heavy atom. The molecule has 5 nitrogen and oxygen atoms in total. The third-order valence-electron chi connectivity index (χ3n) is 1.66. The van der Waals surface area contributed by atoms with Crippen molar-refractivity contribution in [2.24, 2.45) is 0 Å². The number of carbonyl (C=O) groups excluding carboxylic acids is 2. The van der Waals surface area contributed by atoms with Crippen LogP contribution in [0.1, 0.15) is 41.0 Å². The van der Waals surface area contributed by atoms with Crippen molar-refractivity contribution in [3.63, 3.8) is 0 Å². The molecule has 0 aromatic heterocycles. The number of amides is 2. The maximum absolute atomic E-state index is 11.7. The molecule has 0 bridgehead atoms. The minimum absolute atomic E-state index is 0.162. The summed E-state index contributed by atoms with van der Waals surface area (Å²) in [5.41, 5.74) is -0.515. The van der Waals surface area contributed by atoms with Crippen molar-refractivity contribution < 1.29 is 14.3 Å². The minimum Gasteiger partial charge on any atom is -0.444 e. The quantitative estimate of drug-likeness (QED) is 0.748. The highest BCUT2D eigenvalue weighted by molar-refractivity contribution is 5.74. The van der Waals surface area contributed by atoms with E-state index in [1.807, 2.05) is 27.7 Å². The summed E-state index contributed by atoms with van der Waals surface area (Å²) in [6.07, 6.45) is 0.418. The van der Waals surface area contributed by atoms with E-state index >= 15 is 0 Å². The Morgan fingerprint density at radius 3 is 2.25 bits per heavy atom. The zero-order chi connectivity index (χ0) is 12.8. The van der Waals surface area contributed by atoms with Crippen molar-refractivity contribution in [1.29, 1.82) is 0 Å². The van der Waals surface area contributed by atoms with Crippen LogP contribution in [0.5, 0.6) is 0 Å². The van der Waals surface area contributed by atoms with Gasteiger partial charge in [-0.15, -0.1) is 0 Å². The monoisotopic (exact) mass is 230 g/mol. The summed E-state index contributed by atoms with van der Waals surface area (Å²) in [5.74, 6) is -0.162. The molecule has 1 N–H and O–H groups in total. The van der Waals surface area contributed by atoms with Gasteiger partial charge in [-0.25, -0.2) is 4.79 Å². The molecule has 0 aromatic carbocycles. The zero-order valence-electron chi connectivity index (χ0n) is 10.8. The normalized spacial score (nSPS) is 10.8. The Bertz CT molecular complexity index is 246. The van der Waals surface area contributed by atoms with Crippen molar-refractivity contribution in [3.05, 3.63) is 0 Å². The first kappa shape index (κ1) is 14.7. The molecular formula is C11H22N2O3. The van der Waals surface area contributed by atoms with Gasteiger partial charge in [0.1, 0.15) is 5.60 Å². The van der Waals surface area contributed by atoms with Gasteiger partial charge in [-0.05, 0) is 27.2 Å². The lowest BCUT2D eigenvalue weighted by Gasteiger charge is -2.27. The summed E-state index contributed by atoms with van der Waals surface area (Å²) >= 11 is 0. The van der Waals surface area contributed by atoms with Crippen LogP contribution in [0.3, 0.4) is 0 Å². The third kappa shape index (κ3) is 7.09. The fourth-order valence-electron chi connectivity index (χ4n) is 1.04. The van der Waals surface area contributed by atoms with Crippen LogP contribution in [0.2, 0.25) is 0 Å². The van der Waals surface area contributed by atoms with Gasteiger partial charge in [0.15, 0.2) is 0 Å². The fraction of sp³-hybridized carbons (Fsp3) is 0.818.